The van der Waals surface area contributed by atoms with E-state index in [0.717, 1.165) is 22.6 Å². The number of nitrogens with one attached hydrogen (secondary N) is 1. The average Bonchev–Trinajstić information content (AvgIpc) is 2.60. The number of halogens is 1. The fraction of sp³-hybridized carbons (Fsp3) is 0.381. The Labute approximate surface area is 159 Å². The van der Waals surface area contributed by atoms with Crippen LogP contribution in [0.25, 0.3) is 0 Å². The lowest BCUT2D eigenvalue weighted by molar-refractivity contribution is -0.122. The molecule has 0 unspecified atom stereocenters. The molecule has 2 aromatic rings. The van der Waals surface area contributed by atoms with Crippen LogP contribution >= 0.6 is 11.6 Å². The first-order chi connectivity index (χ1) is 12.4. The number of carbonyl (C=O) groups is 1. The molecule has 3 rings (SSSR count). The van der Waals surface area contributed by atoms with Gasteiger partial charge in [0.2, 0.25) is 5.91 Å². The van der Waals surface area contributed by atoms with Gasteiger partial charge < -0.3 is 14.8 Å². The van der Waals surface area contributed by atoms with Crippen molar-refractivity contribution < 1.29 is 14.3 Å². The zero-order valence-electron chi connectivity index (χ0n) is 15.3. The van der Waals surface area contributed by atoms with E-state index in [1.165, 1.54) is 0 Å². The van der Waals surface area contributed by atoms with Crippen LogP contribution in [-0.2, 0) is 11.2 Å². The van der Waals surface area contributed by atoms with Crippen LogP contribution in [0.2, 0.25) is 5.02 Å². The van der Waals surface area contributed by atoms with Crippen molar-refractivity contribution in [1.82, 2.24) is 5.32 Å². The molecule has 1 amide bonds. The topological polar surface area (TPSA) is 47.6 Å². The first-order valence-corrected chi connectivity index (χ1v) is 9.15. The molecule has 0 fully saturated rings. The molecule has 1 heterocycles. The van der Waals surface area contributed by atoms with E-state index in [4.69, 9.17) is 21.1 Å². The second kappa shape index (κ2) is 7.58. The second-order valence-corrected chi connectivity index (χ2v) is 7.59. The lowest BCUT2D eigenvalue weighted by Gasteiger charge is -2.38. The Morgan fingerprint density at radius 3 is 2.81 bits per heavy atom. The van der Waals surface area contributed by atoms with Gasteiger partial charge in [0.05, 0.1) is 13.2 Å². The quantitative estimate of drug-likeness (QED) is 0.826. The number of aryl methyl sites for hydroxylation is 1. The molecular formula is C21H24ClNO3. The summed E-state index contributed by atoms with van der Waals surface area (Å²) in [5.74, 6) is 1.54. The monoisotopic (exact) mass is 373 g/mol. The second-order valence-electron chi connectivity index (χ2n) is 7.18. The summed E-state index contributed by atoms with van der Waals surface area (Å²) in [5.41, 5.74) is 1.59. The summed E-state index contributed by atoms with van der Waals surface area (Å²) in [7, 11) is 1.63. The van der Waals surface area contributed by atoms with Gasteiger partial charge in [-0.1, -0.05) is 29.8 Å². The largest absolute Gasteiger partial charge is 0.497 e. The van der Waals surface area contributed by atoms with E-state index in [9.17, 15) is 4.79 Å². The highest BCUT2D eigenvalue weighted by Crippen LogP contribution is 2.41. The van der Waals surface area contributed by atoms with Crippen molar-refractivity contribution in [2.75, 3.05) is 7.11 Å². The van der Waals surface area contributed by atoms with Crippen LogP contribution in [0.5, 0.6) is 11.5 Å². The molecule has 5 heteroatoms. The molecule has 4 nitrogen and oxygen atoms in total. The lowest BCUT2D eigenvalue weighted by atomic mass is 9.89. The third-order valence-corrected chi connectivity index (χ3v) is 4.96. The van der Waals surface area contributed by atoms with Crippen molar-refractivity contribution in [3.05, 3.63) is 58.6 Å². The SMILES string of the molecule is COc1ccc2c(c1)[C@H](NC(=O)CCc1ccccc1Cl)CC(C)(C)O2. The minimum absolute atomic E-state index is 0.00129. The van der Waals surface area contributed by atoms with Crippen LogP contribution in [-0.4, -0.2) is 18.6 Å². The van der Waals surface area contributed by atoms with Crippen molar-refractivity contribution in [3.63, 3.8) is 0 Å². The number of benzene rings is 2. The molecule has 1 atom stereocenters. The van der Waals surface area contributed by atoms with Crippen LogP contribution in [0, 0.1) is 0 Å². The molecule has 138 valence electrons. The lowest BCUT2D eigenvalue weighted by Crippen LogP contribution is -2.41. The minimum atomic E-state index is -0.345. The number of amides is 1. The Hall–Kier alpha value is -2.20. The molecule has 0 saturated heterocycles. The van der Waals surface area contributed by atoms with Crippen molar-refractivity contribution in [3.8, 4) is 11.5 Å². The van der Waals surface area contributed by atoms with Crippen molar-refractivity contribution in [1.29, 1.82) is 0 Å². The zero-order valence-corrected chi connectivity index (χ0v) is 16.1. The molecule has 0 spiro atoms. The van der Waals surface area contributed by atoms with E-state index in [1.807, 2.05) is 56.3 Å². The number of methoxy groups -OCH3 is 1. The highest BCUT2D eigenvalue weighted by Gasteiger charge is 2.34. The predicted octanol–water partition coefficient (Wildman–Crippen LogP) is 4.70. The number of hydrogen-bond acceptors (Lipinski definition) is 3. The predicted molar refractivity (Wildman–Crippen MR) is 103 cm³/mol. The first kappa shape index (κ1) is 18.6. The van der Waals surface area contributed by atoms with Gasteiger partial charge in [-0.05, 0) is 50.1 Å². The average molecular weight is 374 g/mol. The molecule has 0 bridgehead atoms. The third-order valence-electron chi connectivity index (χ3n) is 4.59. The minimum Gasteiger partial charge on any atom is -0.497 e. The number of ether oxygens (including phenoxy) is 2. The smallest absolute Gasteiger partial charge is 0.220 e. The zero-order chi connectivity index (χ0) is 18.7. The van der Waals surface area contributed by atoms with E-state index < -0.39 is 0 Å². The van der Waals surface area contributed by atoms with Crippen LogP contribution < -0.4 is 14.8 Å². The molecule has 0 aliphatic carbocycles. The number of rotatable bonds is 5. The molecule has 0 aromatic heterocycles. The first-order valence-electron chi connectivity index (χ1n) is 8.78. The summed E-state index contributed by atoms with van der Waals surface area (Å²) in [6, 6.07) is 13.2. The van der Waals surface area contributed by atoms with Gasteiger partial charge in [0, 0.05) is 23.4 Å². The number of fused-ring (bicyclic) bond motifs is 1. The fourth-order valence-electron chi connectivity index (χ4n) is 3.30. The van der Waals surface area contributed by atoms with Crippen molar-refractivity contribution in [2.45, 2.75) is 44.8 Å². The van der Waals surface area contributed by atoms with Gasteiger partial charge in [0.15, 0.2) is 0 Å². The highest BCUT2D eigenvalue weighted by atomic mass is 35.5. The normalized spacial score (nSPS) is 17.8. The Morgan fingerprint density at radius 1 is 1.31 bits per heavy atom. The Morgan fingerprint density at radius 2 is 2.08 bits per heavy atom. The van der Waals surface area contributed by atoms with Crippen molar-refractivity contribution in [2.24, 2.45) is 0 Å². The molecule has 1 aliphatic heterocycles. The van der Waals surface area contributed by atoms with Gasteiger partial charge in [0.1, 0.15) is 17.1 Å². The summed E-state index contributed by atoms with van der Waals surface area (Å²) >= 11 is 6.18. The van der Waals surface area contributed by atoms with E-state index in [-0.39, 0.29) is 17.6 Å². The molecule has 2 aromatic carbocycles. The summed E-state index contributed by atoms with van der Waals surface area (Å²) in [4.78, 5) is 12.5. The number of hydrogen-bond donors (Lipinski definition) is 1. The molecular weight excluding hydrogens is 350 g/mol. The van der Waals surface area contributed by atoms with Gasteiger partial charge in [-0.15, -0.1) is 0 Å². The number of carbonyl (C=O) groups excluding carboxylic acids is 1. The van der Waals surface area contributed by atoms with Gasteiger partial charge in [-0.25, -0.2) is 0 Å². The van der Waals surface area contributed by atoms with E-state index in [2.05, 4.69) is 5.32 Å². The summed E-state index contributed by atoms with van der Waals surface area (Å²) in [5, 5.41) is 3.85. The van der Waals surface area contributed by atoms with Gasteiger partial charge in [-0.2, -0.15) is 0 Å². The molecule has 1 aliphatic rings. The van der Waals surface area contributed by atoms with Crippen LogP contribution in [0.4, 0.5) is 0 Å². The van der Waals surface area contributed by atoms with Crippen LogP contribution in [0.1, 0.15) is 43.9 Å². The van der Waals surface area contributed by atoms with Gasteiger partial charge in [-0.3, -0.25) is 4.79 Å². The maximum Gasteiger partial charge on any atom is 0.220 e. The van der Waals surface area contributed by atoms with Gasteiger partial charge >= 0.3 is 0 Å². The van der Waals surface area contributed by atoms with Gasteiger partial charge in [0.25, 0.3) is 0 Å². The maximum absolute atomic E-state index is 12.5. The van der Waals surface area contributed by atoms with E-state index in [0.29, 0.717) is 24.3 Å². The third kappa shape index (κ3) is 4.31. The molecule has 26 heavy (non-hydrogen) atoms. The molecule has 0 saturated carbocycles. The Balaban J connectivity index is 1.72. The van der Waals surface area contributed by atoms with E-state index in [1.54, 1.807) is 7.11 Å². The van der Waals surface area contributed by atoms with Crippen LogP contribution in [0.15, 0.2) is 42.5 Å². The maximum atomic E-state index is 12.5. The van der Waals surface area contributed by atoms with Crippen molar-refractivity contribution >= 4 is 17.5 Å². The Bertz CT molecular complexity index is 804. The molecule has 0 radical (unpaired) electrons. The van der Waals surface area contributed by atoms with E-state index >= 15 is 0 Å². The Kier molecular flexibility index (Phi) is 5.42. The summed E-state index contributed by atoms with van der Waals surface area (Å²) in [6.07, 6.45) is 1.70. The van der Waals surface area contributed by atoms with Crippen LogP contribution in [0.3, 0.4) is 0 Å². The fourth-order valence-corrected chi connectivity index (χ4v) is 3.53. The highest BCUT2D eigenvalue weighted by molar-refractivity contribution is 6.31. The summed E-state index contributed by atoms with van der Waals surface area (Å²) in [6.45, 7) is 4.06. The summed E-state index contributed by atoms with van der Waals surface area (Å²) < 4.78 is 11.4. The molecule has 1 N–H and O–H groups in total. The standard InChI is InChI=1S/C21H24ClNO3/c1-21(2)13-18(16-12-15(25-3)9-10-19(16)26-21)23-20(24)11-8-14-6-4-5-7-17(14)22/h4-7,9-10,12,18H,8,11,13H2,1-3H3,(H,23,24)/t18-/m1/s1.